The van der Waals surface area contributed by atoms with Crippen molar-refractivity contribution in [3.8, 4) is 0 Å². The first kappa shape index (κ1) is 17.1. The van der Waals surface area contributed by atoms with Crippen LogP contribution in [-0.4, -0.2) is 43.2 Å². The van der Waals surface area contributed by atoms with Gasteiger partial charge >= 0.3 is 0 Å². The highest BCUT2D eigenvalue weighted by Gasteiger charge is 2.38. The molecule has 130 valence electrons. The molecule has 0 saturated carbocycles. The van der Waals surface area contributed by atoms with Gasteiger partial charge in [0.05, 0.1) is 0 Å². The number of nitrogens with zero attached hydrogens (tertiary/aromatic N) is 2. The Balaban J connectivity index is 1.70. The predicted molar refractivity (Wildman–Crippen MR) is 99.1 cm³/mol. The van der Waals surface area contributed by atoms with E-state index < -0.39 is 0 Å². The highest BCUT2D eigenvalue weighted by molar-refractivity contribution is 6.31. The fraction of sp³-hybridized carbons (Fsp3) is 0.556. The maximum Gasteiger partial charge on any atom is 0.219 e. The largest absolute Gasteiger partial charge is 0.398 e. The summed E-state index contributed by atoms with van der Waals surface area (Å²) < 4.78 is 0. The molecule has 2 aliphatic rings. The van der Waals surface area contributed by atoms with Gasteiger partial charge in [-0.1, -0.05) is 11.6 Å². The van der Waals surface area contributed by atoms with Gasteiger partial charge in [-0.3, -0.25) is 4.79 Å². The molecule has 2 saturated heterocycles. The molecule has 3 rings (SSSR count). The number of nitrogens with one attached hydrogen (secondary N) is 1. The molecule has 0 aliphatic carbocycles. The van der Waals surface area contributed by atoms with Gasteiger partial charge in [-0.15, -0.1) is 0 Å². The highest BCUT2D eigenvalue weighted by atomic mass is 35.5. The molecular formula is C18H25ClN4O. The molecule has 1 spiro atoms. The lowest BCUT2D eigenvalue weighted by molar-refractivity contribution is -0.131. The van der Waals surface area contributed by atoms with Crippen molar-refractivity contribution in [2.24, 2.45) is 5.41 Å². The number of carbonyl (C=O) groups excluding carboxylic acids is 1. The lowest BCUT2D eigenvalue weighted by Crippen LogP contribution is -2.48. The standard InChI is InChI=1S/C18H25ClN4O/c1-13(24)22-6-2-18(3-7-22)4-8-23(9-5-18)17-11-14(19)10-16(21)15(17)12-20/h10-12,20H,2-9,21H2,1H3. The Hall–Kier alpha value is -1.75. The second-order valence-electron chi connectivity index (χ2n) is 7.07. The molecular weight excluding hydrogens is 324 g/mol. The third kappa shape index (κ3) is 3.22. The number of carbonyl (C=O) groups is 1. The van der Waals surface area contributed by atoms with Crippen LogP contribution in [0.4, 0.5) is 11.4 Å². The molecule has 1 amide bonds. The van der Waals surface area contributed by atoms with Crippen LogP contribution < -0.4 is 10.6 Å². The third-order valence-electron chi connectivity index (χ3n) is 5.73. The highest BCUT2D eigenvalue weighted by Crippen LogP contribution is 2.43. The van der Waals surface area contributed by atoms with Crippen molar-refractivity contribution >= 4 is 35.1 Å². The number of amides is 1. The maximum atomic E-state index is 11.5. The number of likely N-dealkylation sites (tertiary alicyclic amines) is 1. The smallest absolute Gasteiger partial charge is 0.219 e. The van der Waals surface area contributed by atoms with Gasteiger partial charge < -0.3 is 20.9 Å². The van der Waals surface area contributed by atoms with E-state index in [-0.39, 0.29) is 5.91 Å². The molecule has 3 N–H and O–H groups in total. The van der Waals surface area contributed by atoms with E-state index in [2.05, 4.69) is 4.90 Å². The van der Waals surface area contributed by atoms with Gasteiger partial charge in [-0.05, 0) is 43.2 Å². The zero-order valence-corrected chi connectivity index (χ0v) is 14.9. The lowest BCUT2D eigenvalue weighted by Gasteiger charge is -2.47. The number of piperidine rings is 2. The third-order valence-corrected chi connectivity index (χ3v) is 5.95. The van der Waals surface area contributed by atoms with E-state index in [0.717, 1.165) is 63.1 Å². The topological polar surface area (TPSA) is 73.4 Å². The summed E-state index contributed by atoms with van der Waals surface area (Å²) in [6, 6.07) is 3.61. The average molecular weight is 349 g/mol. The lowest BCUT2D eigenvalue weighted by atomic mass is 9.71. The van der Waals surface area contributed by atoms with E-state index in [9.17, 15) is 4.79 Å². The molecule has 5 nitrogen and oxygen atoms in total. The minimum atomic E-state index is 0.187. The van der Waals surface area contributed by atoms with Crippen molar-refractivity contribution in [2.45, 2.75) is 32.6 Å². The van der Waals surface area contributed by atoms with Gasteiger partial charge in [0.2, 0.25) is 5.91 Å². The number of hydrogen-bond donors (Lipinski definition) is 2. The van der Waals surface area contributed by atoms with E-state index in [4.69, 9.17) is 22.7 Å². The summed E-state index contributed by atoms with van der Waals surface area (Å²) in [5, 5.41) is 8.27. The second kappa shape index (κ2) is 6.63. The van der Waals surface area contributed by atoms with Crippen molar-refractivity contribution in [2.75, 3.05) is 36.8 Å². The normalized spacial score (nSPS) is 20.2. The molecule has 0 radical (unpaired) electrons. The van der Waals surface area contributed by atoms with E-state index in [1.54, 1.807) is 13.0 Å². The van der Waals surface area contributed by atoms with Crippen molar-refractivity contribution in [3.05, 3.63) is 22.7 Å². The number of benzene rings is 1. The van der Waals surface area contributed by atoms with Crippen molar-refractivity contribution < 1.29 is 4.79 Å². The Morgan fingerprint density at radius 2 is 1.79 bits per heavy atom. The molecule has 1 aromatic carbocycles. The molecule has 2 aliphatic heterocycles. The zero-order valence-electron chi connectivity index (χ0n) is 14.1. The summed E-state index contributed by atoms with van der Waals surface area (Å²) in [6.45, 7) is 5.31. The zero-order chi connectivity index (χ0) is 17.3. The molecule has 0 unspecified atom stereocenters. The van der Waals surface area contributed by atoms with E-state index >= 15 is 0 Å². The Morgan fingerprint density at radius 3 is 2.33 bits per heavy atom. The van der Waals surface area contributed by atoms with Crippen LogP contribution in [0.1, 0.15) is 38.2 Å². The van der Waals surface area contributed by atoms with E-state index in [1.165, 1.54) is 6.21 Å². The Morgan fingerprint density at radius 1 is 1.21 bits per heavy atom. The van der Waals surface area contributed by atoms with Crippen molar-refractivity contribution in [1.29, 1.82) is 5.41 Å². The SMILES string of the molecule is CC(=O)N1CCC2(CC1)CCN(c1cc(Cl)cc(N)c1C=N)CC2. The molecule has 2 fully saturated rings. The Kier molecular flexibility index (Phi) is 4.72. The first-order chi connectivity index (χ1) is 11.4. The summed E-state index contributed by atoms with van der Waals surface area (Å²) in [4.78, 5) is 15.8. The van der Waals surface area contributed by atoms with Gasteiger partial charge in [0, 0.05) is 61.3 Å². The molecule has 24 heavy (non-hydrogen) atoms. The van der Waals surface area contributed by atoms with Crippen LogP contribution in [0.2, 0.25) is 5.02 Å². The summed E-state index contributed by atoms with van der Waals surface area (Å²) in [6.07, 6.45) is 5.73. The van der Waals surface area contributed by atoms with E-state index in [1.807, 2.05) is 11.0 Å². The van der Waals surface area contributed by atoms with Crippen molar-refractivity contribution in [1.82, 2.24) is 4.90 Å². The summed E-state index contributed by atoms with van der Waals surface area (Å²) >= 11 is 6.17. The Labute approximate surface area is 148 Å². The summed E-state index contributed by atoms with van der Waals surface area (Å²) in [5.41, 5.74) is 8.65. The monoisotopic (exact) mass is 348 g/mol. The fourth-order valence-electron chi connectivity index (χ4n) is 4.06. The van der Waals surface area contributed by atoms with Crippen LogP contribution in [0.3, 0.4) is 0 Å². The van der Waals surface area contributed by atoms with Gasteiger partial charge in [0.1, 0.15) is 0 Å². The quantitative estimate of drug-likeness (QED) is 0.637. The molecule has 0 aromatic heterocycles. The molecule has 1 aromatic rings. The number of nitrogens with two attached hydrogens (primary N) is 1. The fourth-order valence-corrected chi connectivity index (χ4v) is 4.28. The van der Waals surface area contributed by atoms with Gasteiger partial charge in [0.25, 0.3) is 0 Å². The number of nitrogen functional groups attached to an aromatic ring is 1. The minimum Gasteiger partial charge on any atom is -0.398 e. The van der Waals surface area contributed by atoms with Crippen LogP contribution >= 0.6 is 11.6 Å². The second-order valence-corrected chi connectivity index (χ2v) is 7.50. The average Bonchev–Trinajstić information content (AvgIpc) is 2.55. The minimum absolute atomic E-state index is 0.187. The number of hydrogen-bond acceptors (Lipinski definition) is 4. The maximum absolute atomic E-state index is 11.5. The number of halogens is 1. The number of rotatable bonds is 2. The molecule has 2 heterocycles. The van der Waals surface area contributed by atoms with Crippen LogP contribution in [0.5, 0.6) is 0 Å². The van der Waals surface area contributed by atoms with Gasteiger partial charge in [-0.2, -0.15) is 0 Å². The summed E-state index contributed by atoms with van der Waals surface area (Å²) in [7, 11) is 0. The van der Waals surface area contributed by atoms with Gasteiger partial charge in [-0.25, -0.2) is 0 Å². The van der Waals surface area contributed by atoms with Gasteiger partial charge in [0.15, 0.2) is 0 Å². The first-order valence-electron chi connectivity index (χ1n) is 8.54. The summed E-state index contributed by atoms with van der Waals surface area (Å²) in [5.74, 6) is 0.187. The van der Waals surface area contributed by atoms with Crippen LogP contribution in [0.15, 0.2) is 12.1 Å². The van der Waals surface area contributed by atoms with Crippen LogP contribution in [0.25, 0.3) is 0 Å². The predicted octanol–water partition coefficient (Wildman–Crippen LogP) is 3.15. The van der Waals surface area contributed by atoms with E-state index in [0.29, 0.717) is 16.1 Å². The van der Waals surface area contributed by atoms with Crippen LogP contribution in [-0.2, 0) is 4.79 Å². The van der Waals surface area contributed by atoms with Crippen LogP contribution in [0, 0.1) is 10.8 Å². The molecule has 6 heteroatoms. The Bertz CT molecular complexity index is 643. The number of anilines is 2. The van der Waals surface area contributed by atoms with Crippen molar-refractivity contribution in [3.63, 3.8) is 0 Å². The molecule has 0 bridgehead atoms. The first-order valence-corrected chi connectivity index (χ1v) is 8.92. The molecule has 0 atom stereocenters.